The van der Waals surface area contributed by atoms with Gasteiger partial charge in [0.25, 0.3) is 5.91 Å². The van der Waals surface area contributed by atoms with Crippen molar-refractivity contribution in [3.8, 4) is 5.75 Å². The molecule has 2 atom stereocenters. The number of ether oxygens (including phenoxy) is 1. The van der Waals surface area contributed by atoms with Crippen molar-refractivity contribution in [1.82, 2.24) is 10.2 Å². The molecule has 0 fully saturated rings. The summed E-state index contributed by atoms with van der Waals surface area (Å²) in [5.74, 6) is -0.300. The Kier molecular flexibility index (Phi) is 12.3. The SMILES string of the molecule is CCCCCN(C(=O)C(CCSC)NC(=O)OC(C)(C)C)C(C(=O)Nc1ccc2ccccc2c1)c1cccc(C)c1O. The van der Waals surface area contributed by atoms with Crippen LogP contribution in [0.1, 0.15) is 70.5 Å². The summed E-state index contributed by atoms with van der Waals surface area (Å²) in [6.45, 7) is 9.36. The van der Waals surface area contributed by atoms with E-state index in [2.05, 4.69) is 17.6 Å². The number of carbonyl (C=O) groups is 3. The lowest BCUT2D eigenvalue weighted by molar-refractivity contribution is -0.141. The molecule has 0 radical (unpaired) electrons. The number of alkyl carbamates (subject to hydrolysis) is 1. The molecule has 0 aliphatic heterocycles. The molecule has 3 amide bonds. The summed E-state index contributed by atoms with van der Waals surface area (Å²) in [7, 11) is 0. The van der Waals surface area contributed by atoms with Gasteiger partial charge in [-0.2, -0.15) is 11.8 Å². The van der Waals surface area contributed by atoms with Gasteiger partial charge in [0.05, 0.1) is 0 Å². The molecule has 3 aromatic rings. The largest absolute Gasteiger partial charge is 0.507 e. The molecule has 232 valence electrons. The van der Waals surface area contributed by atoms with E-state index in [0.29, 0.717) is 35.4 Å². The van der Waals surface area contributed by atoms with Crippen molar-refractivity contribution >= 4 is 46.1 Å². The van der Waals surface area contributed by atoms with Gasteiger partial charge in [-0.15, -0.1) is 0 Å². The van der Waals surface area contributed by atoms with Crippen LogP contribution in [0.3, 0.4) is 0 Å². The van der Waals surface area contributed by atoms with Crippen LogP contribution in [-0.4, -0.2) is 58.1 Å². The molecule has 0 saturated heterocycles. The van der Waals surface area contributed by atoms with Crippen molar-refractivity contribution in [2.45, 2.75) is 78.0 Å². The fourth-order valence-electron chi connectivity index (χ4n) is 4.87. The number of phenolic OH excluding ortho intramolecular Hbond substituents is 1. The van der Waals surface area contributed by atoms with Crippen LogP contribution in [0, 0.1) is 6.92 Å². The van der Waals surface area contributed by atoms with Crippen molar-refractivity contribution in [3.05, 3.63) is 71.8 Å². The fourth-order valence-corrected chi connectivity index (χ4v) is 5.34. The summed E-state index contributed by atoms with van der Waals surface area (Å²) in [6.07, 6.45) is 3.99. The number of phenols is 1. The monoisotopic (exact) mass is 607 g/mol. The molecule has 0 aliphatic carbocycles. The summed E-state index contributed by atoms with van der Waals surface area (Å²) in [6, 6.07) is 16.6. The molecule has 43 heavy (non-hydrogen) atoms. The minimum atomic E-state index is -1.15. The van der Waals surface area contributed by atoms with Gasteiger partial charge >= 0.3 is 6.09 Å². The smallest absolute Gasteiger partial charge is 0.408 e. The van der Waals surface area contributed by atoms with Gasteiger partial charge in [0.2, 0.25) is 5.91 Å². The van der Waals surface area contributed by atoms with E-state index >= 15 is 0 Å². The second-order valence-electron chi connectivity index (χ2n) is 11.7. The van der Waals surface area contributed by atoms with E-state index in [4.69, 9.17) is 4.74 Å². The molecule has 0 bridgehead atoms. The minimum absolute atomic E-state index is 0.0461. The third-order valence-electron chi connectivity index (χ3n) is 7.03. The van der Waals surface area contributed by atoms with Crippen LogP contribution in [0.25, 0.3) is 10.8 Å². The van der Waals surface area contributed by atoms with Gasteiger partial charge in [-0.25, -0.2) is 4.79 Å². The van der Waals surface area contributed by atoms with Crippen LogP contribution < -0.4 is 10.6 Å². The first-order valence-electron chi connectivity index (χ1n) is 14.8. The van der Waals surface area contributed by atoms with Gasteiger partial charge in [0.15, 0.2) is 0 Å². The maximum Gasteiger partial charge on any atom is 0.408 e. The highest BCUT2D eigenvalue weighted by Gasteiger charge is 2.37. The maximum atomic E-state index is 14.4. The van der Waals surface area contributed by atoms with Crippen molar-refractivity contribution in [3.63, 3.8) is 0 Å². The molecule has 0 spiro atoms. The van der Waals surface area contributed by atoms with Gasteiger partial charge in [0, 0.05) is 17.8 Å². The second kappa shape index (κ2) is 15.7. The highest BCUT2D eigenvalue weighted by molar-refractivity contribution is 7.98. The van der Waals surface area contributed by atoms with Crippen LogP contribution in [0.2, 0.25) is 0 Å². The van der Waals surface area contributed by atoms with Crippen molar-refractivity contribution in [1.29, 1.82) is 0 Å². The first-order chi connectivity index (χ1) is 20.4. The van der Waals surface area contributed by atoms with Crippen LogP contribution in [-0.2, 0) is 14.3 Å². The summed E-state index contributed by atoms with van der Waals surface area (Å²) in [5.41, 5.74) is 0.748. The Bertz CT molecular complexity index is 1400. The van der Waals surface area contributed by atoms with Crippen LogP contribution in [0.15, 0.2) is 60.7 Å². The first kappa shape index (κ1) is 33.8. The molecule has 3 N–H and O–H groups in total. The Labute approximate surface area is 259 Å². The molecule has 8 nitrogen and oxygen atoms in total. The molecule has 2 unspecified atom stereocenters. The van der Waals surface area contributed by atoms with E-state index in [-0.39, 0.29) is 12.3 Å². The molecule has 3 aromatic carbocycles. The highest BCUT2D eigenvalue weighted by Crippen LogP contribution is 2.34. The Hall–Kier alpha value is -3.72. The van der Waals surface area contributed by atoms with Crippen molar-refractivity contribution in [2.75, 3.05) is 23.9 Å². The molecule has 0 aromatic heterocycles. The van der Waals surface area contributed by atoms with Gasteiger partial charge < -0.3 is 25.4 Å². The number of rotatable bonds is 13. The standard InChI is InChI=1S/C34H45N3O5S/c1-7-8-11-20-37(32(40)28(19-21-43-6)36-33(41)42-34(3,4)5)29(27-16-12-13-23(2)30(27)38)31(39)35-26-18-17-24-14-9-10-15-25(24)22-26/h9-10,12-18,22,28-29,38H,7-8,11,19-21H2,1-6H3,(H,35,39)(H,36,41). The van der Waals surface area contributed by atoms with Gasteiger partial charge in [-0.1, -0.05) is 68.3 Å². The molecule has 0 heterocycles. The van der Waals surface area contributed by atoms with Gasteiger partial charge in [-0.05, 0) is 81.0 Å². The number of benzene rings is 3. The van der Waals surface area contributed by atoms with E-state index < -0.39 is 35.6 Å². The molecular formula is C34H45N3O5S. The van der Waals surface area contributed by atoms with Gasteiger partial charge in [0.1, 0.15) is 23.4 Å². The maximum absolute atomic E-state index is 14.4. The molecule has 0 saturated carbocycles. The minimum Gasteiger partial charge on any atom is -0.507 e. The second-order valence-corrected chi connectivity index (χ2v) is 12.7. The number of amides is 3. The number of nitrogens with zero attached hydrogens (tertiary/aromatic N) is 1. The van der Waals surface area contributed by atoms with E-state index in [1.165, 1.54) is 4.90 Å². The quantitative estimate of drug-likeness (QED) is 0.177. The molecule has 3 rings (SSSR count). The summed E-state index contributed by atoms with van der Waals surface area (Å²) < 4.78 is 5.47. The average Bonchev–Trinajstić information content (AvgIpc) is 2.95. The topological polar surface area (TPSA) is 108 Å². The van der Waals surface area contributed by atoms with E-state index in [1.54, 1.807) is 57.7 Å². The number of thioether (sulfide) groups is 1. The first-order valence-corrected chi connectivity index (χ1v) is 16.2. The molecule has 9 heteroatoms. The third-order valence-corrected chi connectivity index (χ3v) is 7.67. The predicted octanol–water partition coefficient (Wildman–Crippen LogP) is 7.20. The number of para-hydroxylation sites is 1. The summed E-state index contributed by atoms with van der Waals surface area (Å²) in [4.78, 5) is 42.9. The molecular weight excluding hydrogens is 562 g/mol. The lowest BCUT2D eigenvalue weighted by Crippen LogP contribution is -2.52. The normalized spacial score (nSPS) is 12.8. The lowest BCUT2D eigenvalue weighted by Gasteiger charge is -2.35. The predicted molar refractivity (Wildman–Crippen MR) is 176 cm³/mol. The van der Waals surface area contributed by atoms with Crippen LogP contribution >= 0.6 is 11.8 Å². The Morgan fingerprint density at radius 1 is 1.00 bits per heavy atom. The Balaban J connectivity index is 2.06. The number of hydrogen-bond acceptors (Lipinski definition) is 6. The van der Waals surface area contributed by atoms with Crippen molar-refractivity contribution < 1.29 is 24.2 Å². The van der Waals surface area contributed by atoms with E-state index in [1.807, 2.05) is 48.7 Å². The highest BCUT2D eigenvalue weighted by atomic mass is 32.2. The Morgan fingerprint density at radius 3 is 2.40 bits per heavy atom. The number of fused-ring (bicyclic) bond motifs is 1. The van der Waals surface area contributed by atoms with E-state index in [0.717, 1.165) is 23.6 Å². The summed E-state index contributed by atoms with van der Waals surface area (Å²) in [5, 5.41) is 18.9. The zero-order valence-electron chi connectivity index (χ0n) is 26.1. The number of aryl methyl sites for hydroxylation is 1. The van der Waals surface area contributed by atoms with Gasteiger partial charge in [-0.3, -0.25) is 9.59 Å². The number of nitrogens with one attached hydrogen (secondary N) is 2. The number of anilines is 1. The summed E-state index contributed by atoms with van der Waals surface area (Å²) >= 11 is 1.56. The third kappa shape index (κ3) is 9.64. The molecule has 0 aliphatic rings. The fraction of sp³-hybridized carbons (Fsp3) is 0.441. The zero-order valence-corrected chi connectivity index (χ0v) is 26.9. The average molecular weight is 608 g/mol. The zero-order chi connectivity index (χ0) is 31.6. The number of carbonyl (C=O) groups excluding carboxylic acids is 3. The van der Waals surface area contributed by atoms with Crippen molar-refractivity contribution in [2.24, 2.45) is 0 Å². The van der Waals surface area contributed by atoms with Crippen LogP contribution in [0.5, 0.6) is 5.75 Å². The lowest BCUT2D eigenvalue weighted by atomic mass is 9.98. The number of unbranched alkanes of at least 4 members (excludes halogenated alkanes) is 2. The van der Waals surface area contributed by atoms with Crippen LogP contribution in [0.4, 0.5) is 10.5 Å². The van der Waals surface area contributed by atoms with E-state index in [9.17, 15) is 19.5 Å². The Morgan fingerprint density at radius 2 is 1.72 bits per heavy atom. The number of hydrogen-bond donors (Lipinski definition) is 3. The number of aromatic hydroxyl groups is 1.